The summed E-state index contributed by atoms with van der Waals surface area (Å²) in [7, 11) is 0. The summed E-state index contributed by atoms with van der Waals surface area (Å²) in [5.74, 6) is -1.32. The molecule has 0 bridgehead atoms. The van der Waals surface area contributed by atoms with Crippen LogP contribution in [0.1, 0.15) is 33.3 Å². The third-order valence-electron chi connectivity index (χ3n) is 3.91. The summed E-state index contributed by atoms with van der Waals surface area (Å²) >= 11 is 0. The second-order valence-corrected chi connectivity index (χ2v) is 6.36. The lowest BCUT2D eigenvalue weighted by Gasteiger charge is -2.43. The quantitative estimate of drug-likeness (QED) is 0.564. The van der Waals surface area contributed by atoms with E-state index in [1.807, 2.05) is 19.1 Å². The molecule has 0 spiro atoms. The molecule has 0 saturated carbocycles. The Labute approximate surface area is 157 Å². The Morgan fingerprint density at radius 2 is 1.30 bits per heavy atom. The van der Waals surface area contributed by atoms with Crippen LogP contribution in [-0.2, 0) is 33.3 Å². The molecule has 1 fully saturated rings. The van der Waals surface area contributed by atoms with Crippen molar-refractivity contribution in [3.63, 3.8) is 0 Å². The molecule has 1 aromatic rings. The summed E-state index contributed by atoms with van der Waals surface area (Å²) in [5, 5.41) is 0. The van der Waals surface area contributed by atoms with E-state index in [9.17, 15) is 14.4 Å². The van der Waals surface area contributed by atoms with E-state index in [1.54, 1.807) is 19.1 Å². The van der Waals surface area contributed by atoms with Crippen LogP contribution in [0.3, 0.4) is 0 Å². The van der Waals surface area contributed by atoms with Crippen molar-refractivity contribution in [2.45, 2.75) is 65.3 Å². The van der Waals surface area contributed by atoms with Gasteiger partial charge in [0.15, 0.2) is 12.2 Å². The van der Waals surface area contributed by atoms with Gasteiger partial charge >= 0.3 is 17.9 Å². The van der Waals surface area contributed by atoms with Crippen LogP contribution in [0.25, 0.3) is 0 Å². The van der Waals surface area contributed by atoms with Crippen molar-refractivity contribution in [1.82, 2.24) is 0 Å². The molecule has 27 heavy (non-hydrogen) atoms. The SMILES string of the molecule is CC(=O)OC1C(C)OC(Oc2ccc(C)cc2)C(OC(C)=O)C1OC(C)=O. The molecule has 148 valence electrons. The number of hydrogen-bond acceptors (Lipinski definition) is 8. The van der Waals surface area contributed by atoms with Gasteiger partial charge in [-0.1, -0.05) is 17.7 Å². The summed E-state index contributed by atoms with van der Waals surface area (Å²) < 4.78 is 27.5. The van der Waals surface area contributed by atoms with E-state index >= 15 is 0 Å². The molecule has 0 aliphatic carbocycles. The van der Waals surface area contributed by atoms with Crippen molar-refractivity contribution < 1.29 is 38.1 Å². The Bertz CT molecular complexity index is 683. The standard InChI is InChI=1S/C19H24O8/c1-10-6-8-15(9-7-10)27-19-18(26-14(5)22)17(25-13(4)21)16(11(2)23-19)24-12(3)20/h6-9,11,16-19H,1-5H3. The van der Waals surface area contributed by atoms with E-state index < -0.39 is 48.6 Å². The number of hydrogen-bond donors (Lipinski definition) is 0. The molecule has 5 atom stereocenters. The van der Waals surface area contributed by atoms with Crippen molar-refractivity contribution in [3.05, 3.63) is 29.8 Å². The predicted octanol–water partition coefficient (Wildman–Crippen LogP) is 1.91. The van der Waals surface area contributed by atoms with Crippen molar-refractivity contribution in [3.8, 4) is 5.75 Å². The van der Waals surface area contributed by atoms with Gasteiger partial charge in [0.2, 0.25) is 12.4 Å². The molecule has 0 radical (unpaired) electrons. The summed E-state index contributed by atoms with van der Waals surface area (Å²) in [6.07, 6.45) is -4.86. The average Bonchev–Trinajstić information content (AvgIpc) is 2.55. The molecule has 1 aliphatic heterocycles. The Morgan fingerprint density at radius 1 is 0.815 bits per heavy atom. The van der Waals surface area contributed by atoms with Gasteiger partial charge in [-0.05, 0) is 26.0 Å². The summed E-state index contributed by atoms with van der Waals surface area (Å²) in [6, 6.07) is 7.20. The minimum atomic E-state index is -1.12. The zero-order chi connectivity index (χ0) is 20.1. The number of carbonyl (C=O) groups is 3. The number of esters is 3. The van der Waals surface area contributed by atoms with E-state index in [-0.39, 0.29) is 0 Å². The number of rotatable bonds is 5. The molecule has 2 rings (SSSR count). The summed E-state index contributed by atoms with van der Waals surface area (Å²) in [5.41, 5.74) is 1.05. The van der Waals surface area contributed by atoms with Crippen LogP contribution < -0.4 is 4.74 Å². The maximum atomic E-state index is 11.6. The van der Waals surface area contributed by atoms with Crippen molar-refractivity contribution in [2.75, 3.05) is 0 Å². The molecular formula is C19H24O8. The molecule has 1 aromatic carbocycles. The molecule has 1 saturated heterocycles. The van der Waals surface area contributed by atoms with Crippen LogP contribution in [0.2, 0.25) is 0 Å². The zero-order valence-corrected chi connectivity index (χ0v) is 16.0. The summed E-state index contributed by atoms with van der Waals surface area (Å²) in [6.45, 7) is 7.25. The average molecular weight is 380 g/mol. The van der Waals surface area contributed by atoms with E-state index in [4.69, 9.17) is 23.7 Å². The van der Waals surface area contributed by atoms with Gasteiger partial charge in [0.25, 0.3) is 0 Å². The van der Waals surface area contributed by atoms with Crippen LogP contribution in [0.4, 0.5) is 0 Å². The van der Waals surface area contributed by atoms with E-state index in [1.165, 1.54) is 20.8 Å². The maximum absolute atomic E-state index is 11.6. The molecule has 0 N–H and O–H groups in total. The Hall–Kier alpha value is -2.61. The molecular weight excluding hydrogens is 356 g/mol. The highest BCUT2D eigenvalue weighted by Crippen LogP contribution is 2.30. The normalized spacial score (nSPS) is 27.4. The highest BCUT2D eigenvalue weighted by Gasteiger charge is 2.51. The Kier molecular flexibility index (Phi) is 6.79. The molecule has 8 nitrogen and oxygen atoms in total. The van der Waals surface area contributed by atoms with Crippen LogP contribution >= 0.6 is 0 Å². The van der Waals surface area contributed by atoms with Crippen LogP contribution in [-0.4, -0.2) is 48.6 Å². The first kappa shape index (κ1) is 20.7. The predicted molar refractivity (Wildman–Crippen MR) is 92.8 cm³/mol. The van der Waals surface area contributed by atoms with Crippen molar-refractivity contribution in [2.24, 2.45) is 0 Å². The van der Waals surface area contributed by atoms with Gasteiger partial charge in [-0.25, -0.2) is 0 Å². The second-order valence-electron chi connectivity index (χ2n) is 6.36. The van der Waals surface area contributed by atoms with Crippen molar-refractivity contribution >= 4 is 17.9 Å². The molecule has 0 aromatic heterocycles. The highest BCUT2D eigenvalue weighted by molar-refractivity contribution is 5.68. The lowest BCUT2D eigenvalue weighted by molar-refractivity contribution is -0.280. The van der Waals surface area contributed by atoms with Crippen LogP contribution in [0.15, 0.2) is 24.3 Å². The van der Waals surface area contributed by atoms with Gasteiger partial charge in [0, 0.05) is 20.8 Å². The highest BCUT2D eigenvalue weighted by atomic mass is 16.7. The van der Waals surface area contributed by atoms with E-state index in [0.29, 0.717) is 5.75 Å². The van der Waals surface area contributed by atoms with Gasteiger partial charge in [0.1, 0.15) is 5.75 Å². The third kappa shape index (κ3) is 5.68. The first-order valence-corrected chi connectivity index (χ1v) is 8.58. The fourth-order valence-electron chi connectivity index (χ4n) is 2.82. The Morgan fingerprint density at radius 3 is 1.81 bits per heavy atom. The second kappa shape index (κ2) is 8.85. The minimum absolute atomic E-state index is 0.488. The Balaban J connectivity index is 2.33. The molecule has 0 amide bonds. The third-order valence-corrected chi connectivity index (χ3v) is 3.91. The maximum Gasteiger partial charge on any atom is 0.303 e. The van der Waals surface area contributed by atoms with Gasteiger partial charge < -0.3 is 23.7 Å². The van der Waals surface area contributed by atoms with Gasteiger partial charge in [-0.15, -0.1) is 0 Å². The smallest absolute Gasteiger partial charge is 0.303 e. The minimum Gasteiger partial charge on any atom is -0.461 e. The monoisotopic (exact) mass is 380 g/mol. The van der Waals surface area contributed by atoms with Crippen LogP contribution in [0.5, 0.6) is 5.75 Å². The number of carbonyl (C=O) groups excluding carboxylic acids is 3. The molecule has 5 unspecified atom stereocenters. The first-order chi connectivity index (χ1) is 12.7. The molecule has 1 heterocycles. The number of ether oxygens (including phenoxy) is 5. The van der Waals surface area contributed by atoms with E-state index in [2.05, 4.69) is 0 Å². The molecule has 8 heteroatoms. The number of benzene rings is 1. The topological polar surface area (TPSA) is 97.4 Å². The number of aryl methyl sites for hydroxylation is 1. The summed E-state index contributed by atoms with van der Waals surface area (Å²) in [4.78, 5) is 34.7. The van der Waals surface area contributed by atoms with Crippen molar-refractivity contribution in [1.29, 1.82) is 0 Å². The zero-order valence-electron chi connectivity index (χ0n) is 16.0. The van der Waals surface area contributed by atoms with E-state index in [0.717, 1.165) is 5.56 Å². The first-order valence-electron chi connectivity index (χ1n) is 8.58. The lowest BCUT2D eigenvalue weighted by atomic mass is 9.99. The molecule has 1 aliphatic rings. The lowest BCUT2D eigenvalue weighted by Crippen LogP contribution is -2.62. The fourth-order valence-corrected chi connectivity index (χ4v) is 2.82. The fraction of sp³-hybridized carbons (Fsp3) is 0.526. The largest absolute Gasteiger partial charge is 0.461 e. The van der Waals surface area contributed by atoms with Gasteiger partial charge in [-0.3, -0.25) is 14.4 Å². The van der Waals surface area contributed by atoms with Gasteiger partial charge in [-0.2, -0.15) is 0 Å². The van der Waals surface area contributed by atoms with Crippen LogP contribution in [0, 0.1) is 6.92 Å². The van der Waals surface area contributed by atoms with Gasteiger partial charge in [0.05, 0.1) is 6.10 Å².